The first-order valence-electron chi connectivity index (χ1n) is 6.02. The zero-order valence-electron chi connectivity index (χ0n) is 10.2. The lowest BCUT2D eigenvalue weighted by molar-refractivity contribution is -0.119. The van der Waals surface area contributed by atoms with Crippen LogP contribution in [0, 0.1) is 5.92 Å². The van der Waals surface area contributed by atoms with Crippen molar-refractivity contribution in [3.8, 4) is 0 Å². The fraction of sp³-hybridized carbons (Fsp3) is 0.385. The largest absolute Gasteiger partial charge is 0.411 e. The molecule has 102 valence electrons. The average molecular weight is 301 g/mol. The Bertz CT molecular complexity index is 497. The van der Waals surface area contributed by atoms with Crippen LogP contribution in [0.25, 0.3) is 0 Å². The normalized spacial score (nSPS) is 17.6. The van der Waals surface area contributed by atoms with Crippen molar-refractivity contribution in [2.75, 3.05) is 13.1 Å². The fourth-order valence-corrected chi connectivity index (χ4v) is 2.84. The number of rotatable bonds is 3. The van der Waals surface area contributed by atoms with Crippen molar-refractivity contribution in [1.29, 1.82) is 0 Å². The van der Waals surface area contributed by atoms with E-state index < -0.39 is 0 Å². The molecule has 1 fully saturated rings. The average Bonchev–Trinajstić information content (AvgIpc) is 2.42. The van der Waals surface area contributed by atoms with Gasteiger partial charge in [0, 0.05) is 29.6 Å². The number of hydrogen-bond donors (Lipinski definition) is 1. The lowest BCUT2D eigenvalue weighted by atomic mass is 9.88. The second-order valence-electron chi connectivity index (χ2n) is 4.53. The maximum Gasteiger partial charge on any atom is 0.209 e. The number of benzene rings is 1. The molecule has 1 saturated heterocycles. The van der Waals surface area contributed by atoms with Gasteiger partial charge in [-0.15, -0.1) is 0 Å². The molecule has 1 aromatic carbocycles. The Morgan fingerprint density at radius 1 is 1.37 bits per heavy atom. The molecule has 1 aliphatic heterocycles. The molecule has 0 aromatic heterocycles. The van der Waals surface area contributed by atoms with Crippen LogP contribution in [0.2, 0.25) is 10.0 Å². The molecule has 0 saturated carbocycles. The van der Waals surface area contributed by atoms with E-state index >= 15 is 0 Å². The van der Waals surface area contributed by atoms with Gasteiger partial charge in [0.2, 0.25) is 6.41 Å². The zero-order chi connectivity index (χ0) is 13.8. The molecule has 1 N–H and O–H groups in total. The van der Waals surface area contributed by atoms with Gasteiger partial charge in [0.25, 0.3) is 0 Å². The highest BCUT2D eigenvalue weighted by atomic mass is 35.5. The van der Waals surface area contributed by atoms with Crippen molar-refractivity contribution >= 4 is 35.3 Å². The van der Waals surface area contributed by atoms with Crippen LogP contribution < -0.4 is 0 Å². The minimum atomic E-state index is 0.0971. The number of hydrogen-bond acceptors (Lipinski definition) is 3. The Kier molecular flexibility index (Phi) is 4.66. The van der Waals surface area contributed by atoms with Crippen LogP contribution in [-0.2, 0) is 4.79 Å². The van der Waals surface area contributed by atoms with E-state index in [1.807, 2.05) is 0 Å². The molecule has 1 amide bonds. The van der Waals surface area contributed by atoms with Gasteiger partial charge in [0.15, 0.2) is 0 Å². The molecular weight excluding hydrogens is 287 g/mol. The van der Waals surface area contributed by atoms with Crippen LogP contribution >= 0.6 is 23.2 Å². The van der Waals surface area contributed by atoms with Gasteiger partial charge in [-0.1, -0.05) is 34.4 Å². The summed E-state index contributed by atoms with van der Waals surface area (Å²) in [5.74, 6) is 0.0971. The molecule has 6 heteroatoms. The monoisotopic (exact) mass is 300 g/mol. The molecule has 0 unspecified atom stereocenters. The molecule has 4 nitrogen and oxygen atoms in total. The van der Waals surface area contributed by atoms with E-state index in [-0.39, 0.29) is 5.92 Å². The molecule has 19 heavy (non-hydrogen) atoms. The molecule has 0 radical (unpaired) electrons. The Morgan fingerprint density at radius 2 is 2.05 bits per heavy atom. The van der Waals surface area contributed by atoms with Crippen molar-refractivity contribution in [2.45, 2.75) is 12.8 Å². The number of halogens is 2. The molecule has 0 atom stereocenters. The van der Waals surface area contributed by atoms with Gasteiger partial charge in [-0.3, -0.25) is 4.79 Å². The number of carbonyl (C=O) groups excluding carboxylic acids is 1. The van der Waals surface area contributed by atoms with Crippen LogP contribution in [0.15, 0.2) is 23.4 Å². The molecule has 1 aromatic rings. The summed E-state index contributed by atoms with van der Waals surface area (Å²) in [6.07, 6.45) is 2.37. The van der Waals surface area contributed by atoms with Crippen molar-refractivity contribution in [2.24, 2.45) is 11.1 Å². The number of likely N-dealkylation sites (tertiary alicyclic amines) is 1. The van der Waals surface area contributed by atoms with Crippen molar-refractivity contribution in [3.63, 3.8) is 0 Å². The number of amides is 1. The first-order valence-corrected chi connectivity index (χ1v) is 6.78. The number of carbonyl (C=O) groups is 1. The van der Waals surface area contributed by atoms with Gasteiger partial charge >= 0.3 is 0 Å². The van der Waals surface area contributed by atoms with E-state index in [4.69, 9.17) is 23.2 Å². The lowest BCUT2D eigenvalue weighted by Gasteiger charge is -2.29. The maximum atomic E-state index is 10.7. The van der Waals surface area contributed by atoms with E-state index in [1.54, 1.807) is 23.1 Å². The van der Waals surface area contributed by atoms with Gasteiger partial charge in [-0.05, 0) is 25.0 Å². The van der Waals surface area contributed by atoms with Crippen LogP contribution in [0.3, 0.4) is 0 Å². The maximum absolute atomic E-state index is 10.7. The Hall–Kier alpha value is -1.26. The van der Waals surface area contributed by atoms with E-state index in [0.29, 0.717) is 34.4 Å². The Morgan fingerprint density at radius 3 is 2.58 bits per heavy atom. The number of nitrogens with zero attached hydrogens (tertiary/aromatic N) is 2. The predicted molar refractivity (Wildman–Crippen MR) is 75.1 cm³/mol. The number of oxime groups is 1. The zero-order valence-corrected chi connectivity index (χ0v) is 11.7. The standard InChI is InChI=1S/C13H14Cl2N2O2/c14-10-1-2-11(12(15)7-10)13(16-19)9-3-5-17(8-18)6-4-9/h1-2,7-9,19H,3-6H2. The third kappa shape index (κ3) is 3.19. The first-order chi connectivity index (χ1) is 9.15. The van der Waals surface area contributed by atoms with Crippen LogP contribution in [-0.4, -0.2) is 35.3 Å². The molecule has 1 heterocycles. The lowest BCUT2D eigenvalue weighted by Crippen LogP contribution is -2.35. The summed E-state index contributed by atoms with van der Waals surface area (Å²) in [6.45, 7) is 1.33. The highest BCUT2D eigenvalue weighted by Crippen LogP contribution is 2.28. The number of piperidine rings is 1. The SMILES string of the molecule is O=CN1CCC(C(=NO)c2ccc(Cl)cc2Cl)CC1. The van der Waals surface area contributed by atoms with E-state index in [0.717, 1.165) is 19.3 Å². The van der Waals surface area contributed by atoms with Crippen molar-refractivity contribution in [1.82, 2.24) is 4.90 Å². The summed E-state index contributed by atoms with van der Waals surface area (Å²) < 4.78 is 0. The molecule has 2 rings (SSSR count). The van der Waals surface area contributed by atoms with Crippen LogP contribution in [0.1, 0.15) is 18.4 Å². The van der Waals surface area contributed by atoms with Gasteiger partial charge in [0.05, 0.1) is 10.7 Å². The smallest absolute Gasteiger partial charge is 0.209 e. The van der Waals surface area contributed by atoms with Crippen LogP contribution in [0.4, 0.5) is 0 Å². The molecular formula is C13H14Cl2N2O2. The Labute approximate surface area is 121 Å². The minimum Gasteiger partial charge on any atom is -0.411 e. The third-order valence-electron chi connectivity index (χ3n) is 3.38. The van der Waals surface area contributed by atoms with Crippen LogP contribution in [0.5, 0.6) is 0 Å². The quantitative estimate of drug-likeness (QED) is 0.404. The highest BCUT2D eigenvalue weighted by Gasteiger charge is 2.25. The molecule has 0 aliphatic carbocycles. The molecule has 0 spiro atoms. The summed E-state index contributed by atoms with van der Waals surface area (Å²) in [6, 6.07) is 5.10. The summed E-state index contributed by atoms with van der Waals surface area (Å²) in [7, 11) is 0. The van der Waals surface area contributed by atoms with E-state index in [1.165, 1.54) is 0 Å². The summed E-state index contributed by atoms with van der Waals surface area (Å²) in [4.78, 5) is 12.4. The van der Waals surface area contributed by atoms with Crippen molar-refractivity contribution < 1.29 is 10.0 Å². The third-order valence-corrected chi connectivity index (χ3v) is 3.93. The van der Waals surface area contributed by atoms with Gasteiger partial charge < -0.3 is 10.1 Å². The first kappa shape index (κ1) is 14.2. The second kappa shape index (κ2) is 6.26. The van der Waals surface area contributed by atoms with Gasteiger partial charge in [-0.25, -0.2) is 0 Å². The van der Waals surface area contributed by atoms with Gasteiger partial charge in [-0.2, -0.15) is 0 Å². The molecule has 0 bridgehead atoms. The summed E-state index contributed by atoms with van der Waals surface area (Å²) in [5, 5.41) is 13.7. The Balaban J connectivity index is 2.19. The summed E-state index contributed by atoms with van der Waals surface area (Å²) in [5.41, 5.74) is 1.25. The predicted octanol–water partition coefficient (Wildman–Crippen LogP) is 3.04. The fourth-order valence-electron chi connectivity index (χ4n) is 2.33. The van der Waals surface area contributed by atoms with E-state index in [2.05, 4.69) is 5.16 Å². The van der Waals surface area contributed by atoms with E-state index in [9.17, 15) is 10.0 Å². The highest BCUT2D eigenvalue weighted by molar-refractivity contribution is 6.37. The topological polar surface area (TPSA) is 52.9 Å². The molecule has 1 aliphatic rings. The van der Waals surface area contributed by atoms with Crippen molar-refractivity contribution in [3.05, 3.63) is 33.8 Å². The minimum absolute atomic E-state index is 0.0971. The van der Waals surface area contributed by atoms with Gasteiger partial charge in [0.1, 0.15) is 0 Å². The summed E-state index contributed by atoms with van der Waals surface area (Å²) >= 11 is 12.0. The second-order valence-corrected chi connectivity index (χ2v) is 5.37.